The number of hydrogen-bond donors (Lipinski definition) is 0. The van der Waals surface area contributed by atoms with Crippen molar-refractivity contribution in [1.82, 2.24) is 78.0 Å². The summed E-state index contributed by atoms with van der Waals surface area (Å²) in [6.07, 6.45) is 13.3. The Morgan fingerprint density at radius 2 is 1.04 bits per heavy atom. The third-order valence-electron chi connectivity index (χ3n) is 16.8. The molecule has 8 aromatic heterocycles. The van der Waals surface area contributed by atoms with Crippen LogP contribution >= 0.6 is 39.1 Å². The predicted octanol–water partition coefficient (Wildman–Crippen LogP) is 11.5. The Kier molecular flexibility index (Phi) is 20.0. The number of aromatic nitrogens is 14. The third-order valence-corrected chi connectivity index (χ3v) is 17.3. The van der Waals surface area contributed by atoms with E-state index in [1.54, 1.807) is 67.9 Å². The predicted molar refractivity (Wildman–Crippen MR) is 369 cm³/mol. The number of piperidine rings is 2. The second-order valence-electron chi connectivity index (χ2n) is 26.8. The van der Waals surface area contributed by atoms with Crippen molar-refractivity contribution in [2.45, 2.75) is 141 Å². The third kappa shape index (κ3) is 15.2. The summed E-state index contributed by atoms with van der Waals surface area (Å²) in [6, 6.07) is 19.4. The molecule has 3 aliphatic heterocycles. The van der Waals surface area contributed by atoms with E-state index in [2.05, 4.69) is 62.6 Å². The Labute approximate surface area is 563 Å². The number of carbonyl (C=O) groups is 2. The van der Waals surface area contributed by atoms with Crippen molar-refractivity contribution < 1.29 is 28.4 Å². The number of pyridine rings is 4. The van der Waals surface area contributed by atoms with E-state index in [0.29, 0.717) is 31.9 Å². The molecule has 2 atom stereocenters. The maximum absolute atomic E-state index is 13.6. The summed E-state index contributed by atoms with van der Waals surface area (Å²) in [6.45, 7) is 23.1. The van der Waals surface area contributed by atoms with E-state index in [4.69, 9.17) is 42.0 Å². The molecule has 2 amide bonds. The second kappa shape index (κ2) is 27.4. The zero-order valence-corrected chi connectivity index (χ0v) is 58.9. The minimum absolute atomic E-state index is 0.0923. The van der Waals surface area contributed by atoms with Gasteiger partial charge in [0.1, 0.15) is 27.4 Å². The van der Waals surface area contributed by atoms with Crippen LogP contribution in [0.5, 0.6) is 0 Å². The molecule has 11 heterocycles. The highest BCUT2D eigenvalue weighted by atomic mass is 79.9. The number of rotatable bonds is 6. The summed E-state index contributed by atoms with van der Waals surface area (Å²) in [5, 5.41) is 17.9. The van der Waals surface area contributed by atoms with Crippen LogP contribution in [0.4, 0.5) is 9.59 Å². The molecular weight excluding hydrogens is 1310 g/mol. The number of fused-ring (bicyclic) bond motifs is 6. The number of hydrogen-bond acceptors (Lipinski definition) is 16. The van der Waals surface area contributed by atoms with E-state index >= 15 is 0 Å². The number of halogens is 3. The van der Waals surface area contributed by atoms with Crippen molar-refractivity contribution in [2.24, 2.45) is 28.2 Å². The summed E-state index contributed by atoms with van der Waals surface area (Å²) < 4.78 is 34.4. The molecule has 0 bridgehead atoms. The standard InChI is InChI=1S/C29H32N8O3.C21H25BrN4O3.C14H19BN4O2.C2H4Cl2/c1-29(2,3)40-28(39)36-12-6-7-20(16-36)37-26-21-13-18(8-10-22(21)31-15-25(26)35(5)27(37)38)19-9-11-23(30-14-19)24-17-34(4)33-32-24;1-21(2,3)29-20(28)25-9-5-6-14(12-25)26-18-15-10-13(22)7-8-16(15)23-11-17(18)24(4)19(26)27;1-13(2)14(3,4)21-15(20-13)10-6-7-11(16-8-10)12-9-19(5)18-17-12;1-2(3)4/h8-11,13-15,17,20H,6-7,12,16H2,1-5H3;7-8,10-11,14H,5-6,9,12H2,1-4H3;6-9H,1-5H3;2H,1H3/t20-;14-;;/m11../s1. The zero-order valence-electron chi connectivity index (χ0n) is 55.8. The number of amides is 2. The Morgan fingerprint density at radius 3 is 1.46 bits per heavy atom. The first-order chi connectivity index (χ1) is 44.3. The highest BCUT2D eigenvalue weighted by Gasteiger charge is 2.52. The van der Waals surface area contributed by atoms with Gasteiger partial charge in [-0.25, -0.2) is 19.2 Å². The molecule has 3 fully saturated rings. The normalized spacial score (nSPS) is 17.2. The quantitative estimate of drug-likeness (QED) is 0.111. The Bertz CT molecular complexity index is 4510. The molecule has 28 heteroatoms. The SMILES string of the molecule is CC(Cl)Cl.Cn1c(=O)n([C@@H]2CCCN(C(=O)OC(C)(C)C)C2)c2c3cc(Br)ccc3ncc21.Cn1cc(-c2ccc(-c3ccc4ncc5c(c4c3)n([C@@H]3CCCN(C(=O)OC(C)(C)C)C3)c(=O)n5C)cn2)nn1.Cn1cc(-c2ccc(B3OC(C)(C)C(C)(C)O3)cn2)nn1. The maximum Gasteiger partial charge on any atom is 0.496 e. The number of benzene rings is 2. The molecule has 0 unspecified atom stereocenters. The summed E-state index contributed by atoms with van der Waals surface area (Å²) in [4.78, 5) is 73.6. The van der Waals surface area contributed by atoms with E-state index in [1.165, 1.54) is 0 Å². The number of carbonyl (C=O) groups excluding carboxylic acids is 2. The van der Waals surface area contributed by atoms with Crippen LogP contribution in [-0.2, 0) is 47.0 Å². The van der Waals surface area contributed by atoms with E-state index < -0.39 is 18.3 Å². The van der Waals surface area contributed by atoms with Gasteiger partial charge >= 0.3 is 30.7 Å². The van der Waals surface area contributed by atoms with Gasteiger partial charge in [-0.05, 0) is 150 Å². The van der Waals surface area contributed by atoms with Crippen molar-refractivity contribution in [3.8, 4) is 33.9 Å². The molecule has 94 heavy (non-hydrogen) atoms. The molecule has 24 nitrogen and oxygen atoms in total. The fourth-order valence-corrected chi connectivity index (χ4v) is 11.9. The number of imidazole rings is 2. The van der Waals surface area contributed by atoms with Gasteiger partial charge in [0.05, 0.1) is 92.6 Å². The second-order valence-corrected chi connectivity index (χ2v) is 29.3. The molecule has 10 aromatic rings. The molecule has 13 rings (SSSR count). The van der Waals surface area contributed by atoms with Gasteiger partial charge in [0, 0.05) is 93.0 Å². The van der Waals surface area contributed by atoms with Crippen LogP contribution in [0.1, 0.15) is 114 Å². The van der Waals surface area contributed by atoms with Gasteiger partial charge in [-0.15, -0.1) is 33.4 Å². The van der Waals surface area contributed by atoms with Crippen LogP contribution in [0.2, 0.25) is 0 Å². The molecule has 496 valence electrons. The smallest absolute Gasteiger partial charge is 0.444 e. The monoisotopic (exact) mass is 1380 g/mol. The topological polar surface area (TPSA) is 244 Å². The van der Waals surface area contributed by atoms with Gasteiger partial charge in [-0.1, -0.05) is 44.6 Å². The lowest BCUT2D eigenvalue weighted by molar-refractivity contribution is 0.00578. The number of nitrogens with zero attached hydrogens (tertiary/aromatic N) is 16. The average Bonchev–Trinajstić information content (AvgIpc) is 1.59. The minimum atomic E-state index is -0.583. The van der Waals surface area contributed by atoms with Crippen molar-refractivity contribution in [2.75, 3.05) is 26.2 Å². The highest BCUT2D eigenvalue weighted by molar-refractivity contribution is 9.10. The van der Waals surface area contributed by atoms with Gasteiger partial charge in [0.25, 0.3) is 0 Å². The summed E-state index contributed by atoms with van der Waals surface area (Å²) in [7, 11) is 6.79. The minimum Gasteiger partial charge on any atom is -0.444 e. The van der Waals surface area contributed by atoms with Gasteiger partial charge < -0.3 is 28.6 Å². The lowest BCUT2D eigenvalue weighted by atomic mass is 9.80. The van der Waals surface area contributed by atoms with Crippen molar-refractivity contribution >= 4 is 108 Å². The molecular formula is C66H80BBrCl2N16O8. The van der Waals surface area contributed by atoms with E-state index in [0.717, 1.165) is 108 Å². The highest BCUT2D eigenvalue weighted by Crippen LogP contribution is 2.38. The molecule has 0 saturated carbocycles. The molecule has 3 saturated heterocycles. The first-order valence-electron chi connectivity index (χ1n) is 31.2. The van der Waals surface area contributed by atoms with E-state index in [1.807, 2.05) is 166 Å². The molecule has 0 N–H and O–H groups in total. The lowest BCUT2D eigenvalue weighted by Crippen LogP contribution is -2.45. The van der Waals surface area contributed by atoms with Crippen molar-refractivity contribution in [3.63, 3.8) is 0 Å². The van der Waals surface area contributed by atoms with Crippen LogP contribution in [-0.4, -0.2) is 151 Å². The van der Waals surface area contributed by atoms with Gasteiger partial charge in [-0.2, -0.15) is 0 Å². The van der Waals surface area contributed by atoms with Gasteiger partial charge in [-0.3, -0.25) is 47.6 Å². The zero-order chi connectivity index (χ0) is 67.9. The number of alkyl halides is 2. The van der Waals surface area contributed by atoms with E-state index in [9.17, 15) is 19.2 Å². The summed E-state index contributed by atoms with van der Waals surface area (Å²) in [5.41, 5.74) is 8.58. The van der Waals surface area contributed by atoms with Gasteiger partial charge in [0.15, 0.2) is 0 Å². The Hall–Kier alpha value is -8.04. The number of ether oxygens (including phenoxy) is 2. The lowest BCUT2D eigenvalue weighted by Gasteiger charge is -2.34. The summed E-state index contributed by atoms with van der Waals surface area (Å²) in [5.74, 6) is 0. The molecule has 0 spiro atoms. The fourth-order valence-electron chi connectivity index (χ4n) is 11.5. The molecule has 2 aromatic carbocycles. The van der Waals surface area contributed by atoms with Crippen LogP contribution in [0.15, 0.2) is 112 Å². The van der Waals surface area contributed by atoms with Crippen LogP contribution < -0.4 is 16.8 Å². The van der Waals surface area contributed by atoms with Crippen molar-refractivity contribution in [1.29, 1.82) is 0 Å². The molecule has 0 radical (unpaired) electrons. The summed E-state index contributed by atoms with van der Waals surface area (Å²) >= 11 is 13.6. The maximum atomic E-state index is 13.6. The average molecular weight is 1390 g/mol. The number of likely N-dealkylation sites (tertiary alicyclic amines) is 2. The first kappa shape index (κ1) is 68.8. The van der Waals surface area contributed by atoms with Crippen molar-refractivity contribution in [3.05, 3.63) is 123 Å². The van der Waals surface area contributed by atoms with Crippen LogP contribution in [0, 0.1) is 0 Å². The first-order valence-corrected chi connectivity index (χ1v) is 32.8. The fraction of sp³-hybridized carbons (Fsp3) is 0.455. The number of aryl methyl sites for hydroxylation is 4. The largest absolute Gasteiger partial charge is 0.496 e. The van der Waals surface area contributed by atoms with E-state index in [-0.39, 0.29) is 51.7 Å². The van der Waals surface area contributed by atoms with Gasteiger partial charge in [0.2, 0.25) is 0 Å². The van der Waals surface area contributed by atoms with Crippen LogP contribution in [0.25, 0.3) is 77.8 Å². The Morgan fingerprint density at radius 1 is 0.606 bits per heavy atom. The molecule has 3 aliphatic rings. The Balaban J connectivity index is 0.000000157. The molecule has 0 aliphatic carbocycles. The van der Waals surface area contributed by atoms with Crippen LogP contribution in [0.3, 0.4) is 0 Å².